The number of thioether (sulfide) groups is 1. The standard InChI is InChI=1S/C22H23IN4O2S/c1-29-19-9-8-16(10-17(19)11-23)13-24-20-18(14-26-22(27-20)30-2)21(28)25-12-15-6-4-3-5-7-15/h3-10,14H,11-13H2,1-2H3,(H,25,28)(H,24,26,27). The number of nitrogens with one attached hydrogen (secondary N) is 2. The number of rotatable bonds is 9. The number of carbonyl (C=O) groups excluding carboxylic acids is 1. The second-order valence-electron chi connectivity index (χ2n) is 6.42. The molecule has 0 unspecified atom stereocenters. The number of alkyl halides is 1. The summed E-state index contributed by atoms with van der Waals surface area (Å²) in [5.41, 5.74) is 3.67. The predicted molar refractivity (Wildman–Crippen MR) is 129 cm³/mol. The smallest absolute Gasteiger partial charge is 0.256 e. The van der Waals surface area contributed by atoms with E-state index in [-0.39, 0.29) is 5.91 Å². The number of amides is 1. The summed E-state index contributed by atoms with van der Waals surface area (Å²) in [7, 11) is 1.67. The molecule has 8 heteroatoms. The number of halogens is 1. The highest BCUT2D eigenvalue weighted by Gasteiger charge is 2.15. The minimum atomic E-state index is -0.211. The van der Waals surface area contributed by atoms with E-state index in [0.29, 0.717) is 29.6 Å². The van der Waals surface area contributed by atoms with E-state index >= 15 is 0 Å². The Morgan fingerprint density at radius 3 is 2.63 bits per heavy atom. The molecule has 30 heavy (non-hydrogen) atoms. The molecule has 1 aromatic heterocycles. The van der Waals surface area contributed by atoms with Crippen LogP contribution in [0, 0.1) is 0 Å². The third-order valence-corrected chi connectivity index (χ3v) is 5.82. The number of anilines is 1. The molecule has 2 N–H and O–H groups in total. The maximum absolute atomic E-state index is 12.8. The van der Waals surface area contributed by atoms with Crippen molar-refractivity contribution in [2.24, 2.45) is 0 Å². The zero-order valence-electron chi connectivity index (χ0n) is 16.8. The molecule has 0 radical (unpaired) electrons. The summed E-state index contributed by atoms with van der Waals surface area (Å²) in [4.78, 5) is 21.6. The van der Waals surface area contributed by atoms with Crippen LogP contribution in [0.3, 0.4) is 0 Å². The Balaban J connectivity index is 1.75. The van der Waals surface area contributed by atoms with E-state index in [1.54, 1.807) is 13.3 Å². The molecule has 0 atom stereocenters. The van der Waals surface area contributed by atoms with E-state index < -0.39 is 0 Å². The van der Waals surface area contributed by atoms with Crippen LogP contribution >= 0.6 is 34.4 Å². The summed E-state index contributed by atoms with van der Waals surface area (Å²) in [5, 5.41) is 6.86. The van der Waals surface area contributed by atoms with Crippen LogP contribution in [-0.4, -0.2) is 29.2 Å². The van der Waals surface area contributed by atoms with Gasteiger partial charge < -0.3 is 15.4 Å². The minimum absolute atomic E-state index is 0.211. The molecule has 3 aromatic rings. The molecule has 0 bridgehead atoms. The summed E-state index contributed by atoms with van der Waals surface area (Å²) in [6, 6.07) is 15.9. The van der Waals surface area contributed by atoms with Gasteiger partial charge in [-0.1, -0.05) is 70.8 Å². The van der Waals surface area contributed by atoms with Gasteiger partial charge in [-0.05, 0) is 29.5 Å². The molecule has 0 aliphatic heterocycles. The third kappa shape index (κ3) is 5.85. The van der Waals surface area contributed by atoms with Gasteiger partial charge in [-0.3, -0.25) is 4.79 Å². The van der Waals surface area contributed by atoms with E-state index in [4.69, 9.17) is 4.74 Å². The van der Waals surface area contributed by atoms with Crippen molar-refractivity contribution in [2.75, 3.05) is 18.7 Å². The SMILES string of the molecule is COc1ccc(CNc2nc(SC)ncc2C(=O)NCc2ccccc2)cc1CI. The van der Waals surface area contributed by atoms with Crippen molar-refractivity contribution >= 4 is 46.1 Å². The van der Waals surface area contributed by atoms with E-state index in [2.05, 4.69) is 49.3 Å². The summed E-state index contributed by atoms with van der Waals surface area (Å²) in [6.45, 7) is 0.984. The van der Waals surface area contributed by atoms with Crippen molar-refractivity contribution < 1.29 is 9.53 Å². The highest BCUT2D eigenvalue weighted by atomic mass is 127. The second-order valence-corrected chi connectivity index (χ2v) is 7.96. The first-order chi connectivity index (χ1) is 14.6. The lowest BCUT2D eigenvalue weighted by molar-refractivity contribution is 0.0951. The van der Waals surface area contributed by atoms with Gasteiger partial charge in [0.15, 0.2) is 5.16 Å². The van der Waals surface area contributed by atoms with Crippen LogP contribution in [0.2, 0.25) is 0 Å². The van der Waals surface area contributed by atoms with Crippen LogP contribution in [-0.2, 0) is 17.5 Å². The summed E-state index contributed by atoms with van der Waals surface area (Å²) in [5.74, 6) is 1.18. The molecule has 156 valence electrons. The molecule has 2 aromatic carbocycles. The third-order valence-electron chi connectivity index (χ3n) is 4.44. The van der Waals surface area contributed by atoms with Crippen LogP contribution < -0.4 is 15.4 Å². The molecule has 1 amide bonds. The lowest BCUT2D eigenvalue weighted by atomic mass is 10.1. The molecular weight excluding hydrogens is 511 g/mol. The van der Waals surface area contributed by atoms with E-state index in [0.717, 1.165) is 26.9 Å². The molecule has 0 aliphatic carbocycles. The maximum Gasteiger partial charge on any atom is 0.256 e. The summed E-state index contributed by atoms with van der Waals surface area (Å²) >= 11 is 3.75. The van der Waals surface area contributed by atoms with Crippen LogP contribution in [0.5, 0.6) is 5.75 Å². The molecule has 0 saturated heterocycles. The average Bonchev–Trinajstić information content (AvgIpc) is 2.81. The van der Waals surface area contributed by atoms with Gasteiger partial charge in [0.25, 0.3) is 5.91 Å². The number of carbonyl (C=O) groups is 1. The van der Waals surface area contributed by atoms with Crippen molar-refractivity contribution in [3.8, 4) is 5.75 Å². The average molecular weight is 534 g/mol. The monoisotopic (exact) mass is 534 g/mol. The summed E-state index contributed by atoms with van der Waals surface area (Å²) < 4.78 is 6.25. The molecule has 1 heterocycles. The van der Waals surface area contributed by atoms with Gasteiger partial charge >= 0.3 is 0 Å². The Labute approximate surface area is 194 Å². The zero-order chi connectivity index (χ0) is 21.3. The van der Waals surface area contributed by atoms with Crippen molar-refractivity contribution in [2.45, 2.75) is 22.7 Å². The molecule has 0 fully saturated rings. The van der Waals surface area contributed by atoms with Gasteiger partial charge in [-0.15, -0.1) is 0 Å². The predicted octanol–water partition coefficient (Wildman–Crippen LogP) is 4.68. The van der Waals surface area contributed by atoms with Crippen molar-refractivity contribution in [1.29, 1.82) is 0 Å². The quantitative estimate of drug-likeness (QED) is 0.180. The second kappa shape index (κ2) is 11.2. The number of nitrogens with zero attached hydrogens (tertiary/aromatic N) is 2. The number of hydrogen-bond acceptors (Lipinski definition) is 6. The van der Waals surface area contributed by atoms with Crippen LogP contribution in [0.25, 0.3) is 0 Å². The van der Waals surface area contributed by atoms with Gasteiger partial charge in [0.05, 0.1) is 7.11 Å². The van der Waals surface area contributed by atoms with Crippen LogP contribution in [0.4, 0.5) is 5.82 Å². The van der Waals surface area contributed by atoms with Crippen molar-refractivity contribution in [3.05, 3.63) is 77.0 Å². The molecule has 0 saturated carbocycles. The van der Waals surface area contributed by atoms with Crippen molar-refractivity contribution in [1.82, 2.24) is 15.3 Å². The maximum atomic E-state index is 12.8. The van der Waals surface area contributed by atoms with Gasteiger partial charge in [0.1, 0.15) is 17.1 Å². The number of methoxy groups -OCH3 is 1. The van der Waals surface area contributed by atoms with Crippen molar-refractivity contribution in [3.63, 3.8) is 0 Å². The number of benzene rings is 2. The first-order valence-electron chi connectivity index (χ1n) is 9.33. The molecule has 0 aliphatic rings. The zero-order valence-corrected chi connectivity index (χ0v) is 19.8. The first kappa shape index (κ1) is 22.4. The van der Waals surface area contributed by atoms with E-state index in [1.165, 1.54) is 11.8 Å². The highest BCUT2D eigenvalue weighted by molar-refractivity contribution is 14.1. The number of aromatic nitrogens is 2. The molecular formula is C22H23IN4O2S. The first-order valence-corrected chi connectivity index (χ1v) is 12.1. The van der Waals surface area contributed by atoms with Crippen LogP contribution in [0.1, 0.15) is 27.0 Å². The Morgan fingerprint density at radius 2 is 1.93 bits per heavy atom. The molecule has 0 spiro atoms. The lowest BCUT2D eigenvalue weighted by Crippen LogP contribution is -2.24. The Hall–Kier alpha value is -2.33. The Morgan fingerprint density at radius 1 is 1.13 bits per heavy atom. The molecule has 6 nitrogen and oxygen atoms in total. The fourth-order valence-corrected chi connectivity index (χ4v) is 3.81. The van der Waals surface area contributed by atoms with Crippen LogP contribution in [0.15, 0.2) is 59.9 Å². The largest absolute Gasteiger partial charge is 0.496 e. The number of hydrogen-bond donors (Lipinski definition) is 2. The fraction of sp³-hybridized carbons (Fsp3) is 0.227. The molecule has 3 rings (SSSR count). The Bertz CT molecular complexity index is 1000. The highest BCUT2D eigenvalue weighted by Crippen LogP contribution is 2.24. The van der Waals surface area contributed by atoms with Gasteiger partial charge in [0, 0.05) is 29.3 Å². The van der Waals surface area contributed by atoms with E-state index in [1.807, 2.05) is 48.7 Å². The van der Waals surface area contributed by atoms with E-state index in [9.17, 15) is 4.79 Å². The minimum Gasteiger partial charge on any atom is -0.496 e. The van der Waals surface area contributed by atoms with Gasteiger partial charge in [-0.2, -0.15) is 0 Å². The Kier molecular flexibility index (Phi) is 8.32. The number of ether oxygens (including phenoxy) is 1. The lowest BCUT2D eigenvalue weighted by Gasteiger charge is -2.13. The summed E-state index contributed by atoms with van der Waals surface area (Å²) in [6.07, 6.45) is 3.48. The van der Waals surface area contributed by atoms with Gasteiger partial charge in [0.2, 0.25) is 0 Å². The topological polar surface area (TPSA) is 76.1 Å². The normalized spacial score (nSPS) is 10.5. The fourth-order valence-electron chi connectivity index (χ4n) is 2.87. The van der Waals surface area contributed by atoms with Gasteiger partial charge in [-0.25, -0.2) is 9.97 Å².